The Morgan fingerprint density at radius 2 is 2.00 bits per heavy atom. The van der Waals surface area contributed by atoms with Crippen molar-refractivity contribution in [2.75, 3.05) is 6.54 Å². The Labute approximate surface area is 146 Å². The van der Waals surface area contributed by atoms with E-state index < -0.39 is 0 Å². The molecule has 0 aliphatic heterocycles. The van der Waals surface area contributed by atoms with Crippen LogP contribution in [0, 0.1) is 5.92 Å². The zero-order valence-corrected chi connectivity index (χ0v) is 15.4. The summed E-state index contributed by atoms with van der Waals surface area (Å²) in [4.78, 5) is 16.2. The summed E-state index contributed by atoms with van der Waals surface area (Å²) < 4.78 is 0. The minimum absolute atomic E-state index is 0.0619. The first-order valence-electron chi connectivity index (χ1n) is 8.86. The van der Waals surface area contributed by atoms with Crippen LogP contribution in [0.5, 0.6) is 0 Å². The van der Waals surface area contributed by atoms with E-state index in [1.54, 1.807) is 6.07 Å². The van der Waals surface area contributed by atoms with Crippen LogP contribution >= 0.6 is 0 Å². The highest BCUT2D eigenvalue weighted by Gasteiger charge is 2.06. The van der Waals surface area contributed by atoms with Crippen LogP contribution in [-0.2, 0) is 6.54 Å². The quantitative estimate of drug-likeness (QED) is 0.480. The van der Waals surface area contributed by atoms with Crippen molar-refractivity contribution in [3.05, 3.63) is 35.4 Å². The van der Waals surface area contributed by atoms with Gasteiger partial charge in [-0.25, -0.2) is 4.99 Å². The van der Waals surface area contributed by atoms with E-state index in [1.165, 1.54) is 12.8 Å². The smallest absolute Gasteiger partial charge is 0.251 e. The van der Waals surface area contributed by atoms with Gasteiger partial charge in [0.2, 0.25) is 0 Å². The van der Waals surface area contributed by atoms with E-state index in [0.29, 0.717) is 30.7 Å². The van der Waals surface area contributed by atoms with Gasteiger partial charge in [-0.3, -0.25) is 4.79 Å². The maximum Gasteiger partial charge on any atom is 0.251 e. The molecule has 134 valence electrons. The molecular formula is C19H32N4O. The summed E-state index contributed by atoms with van der Waals surface area (Å²) in [6, 6.07) is 7.79. The number of carbonyl (C=O) groups excluding carboxylic acids is 1. The highest BCUT2D eigenvalue weighted by Crippen LogP contribution is 2.09. The number of benzene rings is 1. The number of hydrogen-bond acceptors (Lipinski definition) is 2. The molecule has 1 atom stereocenters. The third kappa shape index (κ3) is 7.99. The third-order valence-corrected chi connectivity index (χ3v) is 3.77. The highest BCUT2D eigenvalue weighted by molar-refractivity contribution is 5.94. The first-order chi connectivity index (χ1) is 11.4. The zero-order valence-electron chi connectivity index (χ0n) is 15.4. The fourth-order valence-corrected chi connectivity index (χ4v) is 2.45. The molecule has 4 N–H and O–H groups in total. The molecule has 24 heavy (non-hydrogen) atoms. The van der Waals surface area contributed by atoms with Crippen molar-refractivity contribution in [3.8, 4) is 0 Å². The molecule has 0 bridgehead atoms. The van der Waals surface area contributed by atoms with Crippen molar-refractivity contribution in [1.29, 1.82) is 0 Å². The second-order valence-electron chi connectivity index (χ2n) is 6.63. The van der Waals surface area contributed by atoms with Crippen LogP contribution in [0.4, 0.5) is 0 Å². The maximum atomic E-state index is 11.8. The number of nitrogens with one attached hydrogen (secondary N) is 2. The predicted molar refractivity (Wildman–Crippen MR) is 101 cm³/mol. The number of amides is 1. The first-order valence-corrected chi connectivity index (χ1v) is 8.86. The van der Waals surface area contributed by atoms with Crippen LogP contribution in [0.3, 0.4) is 0 Å². The van der Waals surface area contributed by atoms with Crippen LogP contribution < -0.4 is 16.4 Å². The Morgan fingerprint density at radius 3 is 2.67 bits per heavy atom. The molecule has 1 rings (SSSR count). The van der Waals surface area contributed by atoms with Crippen LogP contribution in [0.15, 0.2) is 29.3 Å². The number of carbonyl (C=O) groups is 1. The monoisotopic (exact) mass is 332 g/mol. The molecule has 0 saturated carbocycles. The highest BCUT2D eigenvalue weighted by atomic mass is 16.1. The van der Waals surface area contributed by atoms with Crippen molar-refractivity contribution in [2.24, 2.45) is 16.6 Å². The van der Waals surface area contributed by atoms with Gasteiger partial charge in [0, 0.05) is 18.2 Å². The van der Waals surface area contributed by atoms with Crippen LogP contribution in [-0.4, -0.2) is 24.5 Å². The van der Waals surface area contributed by atoms with Gasteiger partial charge in [-0.05, 0) is 43.9 Å². The van der Waals surface area contributed by atoms with Gasteiger partial charge in [-0.2, -0.15) is 0 Å². The first kappa shape index (κ1) is 20.0. The molecule has 1 unspecified atom stereocenters. The molecule has 1 aromatic rings. The van der Waals surface area contributed by atoms with E-state index in [1.807, 2.05) is 25.1 Å². The van der Waals surface area contributed by atoms with Gasteiger partial charge >= 0.3 is 0 Å². The van der Waals surface area contributed by atoms with Gasteiger partial charge in [0.15, 0.2) is 5.96 Å². The van der Waals surface area contributed by atoms with Crippen molar-refractivity contribution in [2.45, 2.75) is 59.5 Å². The van der Waals surface area contributed by atoms with Crippen molar-refractivity contribution in [1.82, 2.24) is 10.6 Å². The topological polar surface area (TPSA) is 79.5 Å². The van der Waals surface area contributed by atoms with Gasteiger partial charge in [-0.15, -0.1) is 0 Å². The molecule has 0 saturated heterocycles. The molecule has 0 heterocycles. The minimum Gasteiger partial charge on any atom is -0.370 e. The van der Waals surface area contributed by atoms with Crippen LogP contribution in [0.25, 0.3) is 0 Å². The number of guanidine groups is 1. The molecular weight excluding hydrogens is 300 g/mol. The summed E-state index contributed by atoms with van der Waals surface area (Å²) in [5.41, 5.74) is 7.58. The van der Waals surface area contributed by atoms with E-state index in [-0.39, 0.29) is 5.91 Å². The summed E-state index contributed by atoms with van der Waals surface area (Å²) in [5.74, 6) is 1.13. The molecule has 5 nitrogen and oxygen atoms in total. The second-order valence-corrected chi connectivity index (χ2v) is 6.63. The Balaban J connectivity index is 2.49. The van der Waals surface area contributed by atoms with Crippen molar-refractivity contribution in [3.63, 3.8) is 0 Å². The largest absolute Gasteiger partial charge is 0.370 e. The van der Waals surface area contributed by atoms with E-state index in [4.69, 9.17) is 5.73 Å². The molecule has 0 radical (unpaired) electrons. The lowest BCUT2D eigenvalue weighted by Gasteiger charge is -2.15. The Kier molecular flexibility index (Phi) is 8.90. The third-order valence-electron chi connectivity index (χ3n) is 3.77. The van der Waals surface area contributed by atoms with E-state index in [2.05, 4.69) is 36.4 Å². The lowest BCUT2D eigenvalue weighted by molar-refractivity contribution is 0.0955. The average Bonchev–Trinajstić information content (AvgIpc) is 2.53. The maximum absolute atomic E-state index is 11.8. The molecule has 1 aromatic carbocycles. The molecule has 0 fully saturated rings. The summed E-state index contributed by atoms with van der Waals surface area (Å²) >= 11 is 0. The summed E-state index contributed by atoms with van der Waals surface area (Å²) in [6.45, 7) is 9.59. The number of rotatable bonds is 9. The number of nitrogens with two attached hydrogens (primary N) is 1. The van der Waals surface area contributed by atoms with Crippen molar-refractivity contribution >= 4 is 11.9 Å². The van der Waals surface area contributed by atoms with E-state index >= 15 is 0 Å². The molecule has 1 amide bonds. The van der Waals surface area contributed by atoms with Crippen LogP contribution in [0.2, 0.25) is 0 Å². The van der Waals surface area contributed by atoms with E-state index in [9.17, 15) is 4.79 Å². The van der Waals surface area contributed by atoms with Crippen molar-refractivity contribution < 1.29 is 4.79 Å². The van der Waals surface area contributed by atoms with Crippen LogP contribution in [0.1, 0.15) is 62.9 Å². The molecule has 0 aromatic heterocycles. The van der Waals surface area contributed by atoms with Gasteiger partial charge in [0.05, 0.1) is 6.54 Å². The Hall–Kier alpha value is -2.04. The molecule has 0 aliphatic rings. The van der Waals surface area contributed by atoms with Gasteiger partial charge in [0.1, 0.15) is 0 Å². The standard InChI is InChI=1S/C19H32N4O/c1-5-21-18(24)17-11-7-10-16(12-17)13-22-19(20)23-15(4)9-6-8-14(2)3/h7,10-12,14-15H,5-6,8-9,13H2,1-4H3,(H,21,24)(H3,20,22,23). The lowest BCUT2D eigenvalue weighted by Crippen LogP contribution is -2.38. The molecule has 5 heteroatoms. The number of nitrogens with zero attached hydrogens (tertiary/aromatic N) is 1. The summed E-state index contributed by atoms with van der Waals surface area (Å²) in [7, 11) is 0. The average molecular weight is 332 g/mol. The molecule has 0 aliphatic carbocycles. The zero-order chi connectivity index (χ0) is 17.9. The normalized spacial score (nSPS) is 13.0. The number of hydrogen-bond donors (Lipinski definition) is 3. The lowest BCUT2D eigenvalue weighted by atomic mass is 10.0. The summed E-state index contributed by atoms with van der Waals surface area (Å²) in [6.07, 6.45) is 3.50. The van der Waals surface area contributed by atoms with E-state index in [0.717, 1.165) is 17.9 Å². The Morgan fingerprint density at radius 1 is 1.25 bits per heavy atom. The van der Waals surface area contributed by atoms with Gasteiger partial charge in [-0.1, -0.05) is 38.8 Å². The number of aliphatic imine (C=N–C) groups is 1. The summed E-state index contributed by atoms with van der Waals surface area (Å²) in [5, 5.41) is 6.03. The Bertz CT molecular complexity index is 540. The fraction of sp³-hybridized carbons (Fsp3) is 0.579. The predicted octanol–water partition coefficient (Wildman–Crippen LogP) is 3.06. The van der Waals surface area contributed by atoms with Gasteiger partial charge in [0.25, 0.3) is 5.91 Å². The minimum atomic E-state index is -0.0619. The second kappa shape index (κ2) is 10.7. The molecule has 0 spiro atoms. The fourth-order valence-electron chi connectivity index (χ4n) is 2.45. The van der Waals surface area contributed by atoms with Gasteiger partial charge < -0.3 is 16.4 Å². The SMILES string of the molecule is CCNC(=O)c1cccc(CN=C(N)NC(C)CCCC(C)C)c1.